The third-order valence-electron chi connectivity index (χ3n) is 2.31. The first kappa shape index (κ1) is 11.3. The van der Waals surface area contributed by atoms with Crippen molar-refractivity contribution in [3.8, 4) is 0 Å². The Morgan fingerprint density at radius 2 is 1.76 bits per heavy atom. The van der Waals surface area contributed by atoms with Gasteiger partial charge in [-0.15, -0.1) is 0 Å². The van der Waals surface area contributed by atoms with Gasteiger partial charge in [-0.1, -0.05) is 30.3 Å². The Bertz CT molecular complexity index is 583. The molecule has 0 aliphatic heterocycles. The SMILES string of the molecule is NC(=S)NNC(=O)c1ccc2ccccc2c1. The monoisotopic (exact) mass is 245 g/mol. The Kier molecular flexibility index (Phi) is 3.20. The van der Waals surface area contributed by atoms with Gasteiger partial charge in [0.1, 0.15) is 0 Å². The van der Waals surface area contributed by atoms with Crippen LogP contribution in [-0.4, -0.2) is 11.0 Å². The smallest absolute Gasteiger partial charge is 0.269 e. The van der Waals surface area contributed by atoms with Gasteiger partial charge in [0.05, 0.1) is 0 Å². The van der Waals surface area contributed by atoms with Crippen molar-refractivity contribution in [1.82, 2.24) is 10.9 Å². The van der Waals surface area contributed by atoms with Gasteiger partial charge in [-0.2, -0.15) is 0 Å². The van der Waals surface area contributed by atoms with E-state index in [-0.39, 0.29) is 11.0 Å². The van der Waals surface area contributed by atoms with Gasteiger partial charge in [-0.05, 0) is 35.1 Å². The summed E-state index contributed by atoms with van der Waals surface area (Å²) in [6.07, 6.45) is 0. The van der Waals surface area contributed by atoms with Gasteiger partial charge in [-0.3, -0.25) is 15.6 Å². The van der Waals surface area contributed by atoms with Crippen molar-refractivity contribution in [3.63, 3.8) is 0 Å². The van der Waals surface area contributed by atoms with Gasteiger partial charge < -0.3 is 5.73 Å². The van der Waals surface area contributed by atoms with Crippen molar-refractivity contribution < 1.29 is 4.79 Å². The van der Waals surface area contributed by atoms with E-state index in [1.807, 2.05) is 36.4 Å². The summed E-state index contributed by atoms with van der Waals surface area (Å²) in [4.78, 5) is 11.7. The largest absolute Gasteiger partial charge is 0.375 e. The van der Waals surface area contributed by atoms with E-state index in [0.717, 1.165) is 10.8 Å². The lowest BCUT2D eigenvalue weighted by molar-refractivity contribution is 0.0944. The fraction of sp³-hybridized carbons (Fsp3) is 0. The summed E-state index contributed by atoms with van der Waals surface area (Å²) in [7, 11) is 0. The lowest BCUT2D eigenvalue weighted by atomic mass is 10.1. The normalized spacial score (nSPS) is 9.88. The van der Waals surface area contributed by atoms with Crippen LogP contribution < -0.4 is 16.6 Å². The number of nitrogens with two attached hydrogens (primary N) is 1. The fourth-order valence-electron chi connectivity index (χ4n) is 1.52. The van der Waals surface area contributed by atoms with Crippen molar-refractivity contribution >= 4 is 34.0 Å². The number of fused-ring (bicyclic) bond motifs is 1. The van der Waals surface area contributed by atoms with E-state index in [2.05, 4.69) is 23.1 Å². The molecule has 0 aliphatic carbocycles. The maximum Gasteiger partial charge on any atom is 0.269 e. The highest BCUT2D eigenvalue weighted by Crippen LogP contribution is 2.15. The molecule has 2 aromatic rings. The molecular formula is C12H11N3OS. The zero-order chi connectivity index (χ0) is 12.3. The average Bonchev–Trinajstić information content (AvgIpc) is 2.35. The summed E-state index contributed by atoms with van der Waals surface area (Å²) >= 11 is 4.59. The molecule has 0 radical (unpaired) electrons. The number of nitrogens with one attached hydrogen (secondary N) is 2. The molecule has 17 heavy (non-hydrogen) atoms. The van der Waals surface area contributed by atoms with Gasteiger partial charge in [0.2, 0.25) is 0 Å². The molecule has 0 atom stereocenters. The standard InChI is InChI=1S/C12H11N3OS/c13-12(17)15-14-11(16)10-6-5-8-3-1-2-4-9(8)7-10/h1-7H,(H,14,16)(H3,13,15,17). The Hall–Kier alpha value is -2.14. The highest BCUT2D eigenvalue weighted by Gasteiger charge is 2.05. The summed E-state index contributed by atoms with van der Waals surface area (Å²) in [5, 5.41) is 2.13. The third kappa shape index (κ3) is 2.70. The van der Waals surface area contributed by atoms with E-state index in [0.29, 0.717) is 5.56 Å². The minimum Gasteiger partial charge on any atom is -0.375 e. The molecular weight excluding hydrogens is 234 g/mol. The lowest BCUT2D eigenvalue weighted by Crippen LogP contribution is -2.44. The summed E-state index contributed by atoms with van der Waals surface area (Å²) in [5.74, 6) is -0.274. The summed E-state index contributed by atoms with van der Waals surface area (Å²) in [6.45, 7) is 0. The molecule has 0 bridgehead atoms. The third-order valence-corrected chi connectivity index (χ3v) is 2.41. The fourth-order valence-corrected chi connectivity index (χ4v) is 1.57. The van der Waals surface area contributed by atoms with Crippen LogP contribution in [-0.2, 0) is 0 Å². The maximum atomic E-state index is 11.7. The second-order valence-corrected chi connectivity index (χ2v) is 3.95. The van der Waals surface area contributed by atoms with Gasteiger partial charge in [0, 0.05) is 5.56 Å². The Labute approximate surface area is 104 Å². The van der Waals surface area contributed by atoms with Crippen LogP contribution in [0.4, 0.5) is 0 Å². The number of benzene rings is 2. The van der Waals surface area contributed by atoms with Gasteiger partial charge in [0.15, 0.2) is 5.11 Å². The van der Waals surface area contributed by atoms with E-state index in [4.69, 9.17) is 5.73 Å². The first-order valence-corrected chi connectivity index (χ1v) is 5.42. The van der Waals surface area contributed by atoms with Gasteiger partial charge in [0.25, 0.3) is 5.91 Å². The quantitative estimate of drug-likeness (QED) is 0.523. The van der Waals surface area contributed by atoms with Crippen molar-refractivity contribution in [1.29, 1.82) is 0 Å². The Morgan fingerprint density at radius 1 is 1.06 bits per heavy atom. The molecule has 4 nitrogen and oxygen atoms in total. The molecule has 0 unspecified atom stereocenters. The summed E-state index contributed by atoms with van der Waals surface area (Å²) < 4.78 is 0. The molecule has 1 amide bonds. The van der Waals surface area contributed by atoms with Crippen molar-refractivity contribution in [2.75, 3.05) is 0 Å². The topological polar surface area (TPSA) is 67.2 Å². The zero-order valence-electron chi connectivity index (χ0n) is 8.94. The first-order chi connectivity index (χ1) is 8.16. The molecule has 5 heteroatoms. The molecule has 0 saturated heterocycles. The molecule has 0 aromatic heterocycles. The minimum atomic E-state index is -0.274. The predicted octanol–water partition coefficient (Wildman–Crippen LogP) is 1.32. The number of carbonyl (C=O) groups is 1. The second kappa shape index (κ2) is 4.80. The number of carbonyl (C=O) groups excluding carboxylic acids is 1. The summed E-state index contributed by atoms with van der Waals surface area (Å²) in [5.41, 5.74) is 10.6. The molecule has 2 aromatic carbocycles. The van der Waals surface area contributed by atoms with Crippen LogP contribution in [0.2, 0.25) is 0 Å². The van der Waals surface area contributed by atoms with E-state index in [9.17, 15) is 4.79 Å². The van der Waals surface area contributed by atoms with Gasteiger partial charge >= 0.3 is 0 Å². The number of hydrogen-bond donors (Lipinski definition) is 3. The molecule has 2 rings (SSSR count). The molecule has 0 aliphatic rings. The average molecular weight is 245 g/mol. The van der Waals surface area contributed by atoms with E-state index in [1.54, 1.807) is 6.07 Å². The molecule has 4 N–H and O–H groups in total. The number of hydrogen-bond acceptors (Lipinski definition) is 2. The van der Waals surface area contributed by atoms with Crippen molar-refractivity contribution in [2.45, 2.75) is 0 Å². The van der Waals surface area contributed by atoms with Crippen molar-refractivity contribution in [2.24, 2.45) is 5.73 Å². The molecule has 0 saturated carbocycles. The lowest BCUT2D eigenvalue weighted by Gasteiger charge is -2.07. The van der Waals surface area contributed by atoms with E-state index >= 15 is 0 Å². The van der Waals surface area contributed by atoms with Crippen LogP contribution >= 0.6 is 12.2 Å². The van der Waals surface area contributed by atoms with Crippen LogP contribution in [0.25, 0.3) is 10.8 Å². The highest BCUT2D eigenvalue weighted by molar-refractivity contribution is 7.80. The number of amides is 1. The zero-order valence-corrected chi connectivity index (χ0v) is 9.75. The predicted molar refractivity (Wildman–Crippen MR) is 71.3 cm³/mol. The second-order valence-electron chi connectivity index (χ2n) is 3.51. The summed E-state index contributed by atoms with van der Waals surface area (Å²) in [6, 6.07) is 13.3. The number of rotatable bonds is 1. The van der Waals surface area contributed by atoms with Crippen molar-refractivity contribution in [3.05, 3.63) is 48.0 Å². The first-order valence-electron chi connectivity index (χ1n) is 5.01. The number of thiocarbonyl (C=S) groups is 1. The molecule has 0 spiro atoms. The molecule has 86 valence electrons. The molecule has 0 fully saturated rings. The Morgan fingerprint density at radius 3 is 2.47 bits per heavy atom. The molecule has 0 heterocycles. The number of hydrazine groups is 1. The van der Waals surface area contributed by atoms with Crippen LogP contribution in [0, 0.1) is 0 Å². The van der Waals surface area contributed by atoms with Crippen LogP contribution in [0.3, 0.4) is 0 Å². The maximum absolute atomic E-state index is 11.7. The van der Waals surface area contributed by atoms with Gasteiger partial charge in [-0.25, -0.2) is 0 Å². The van der Waals surface area contributed by atoms with E-state index in [1.165, 1.54) is 0 Å². The van der Waals surface area contributed by atoms with E-state index < -0.39 is 0 Å². The van der Waals surface area contributed by atoms with Crippen LogP contribution in [0.5, 0.6) is 0 Å². The Balaban J connectivity index is 2.24. The minimum absolute atomic E-state index is 0.0270. The van der Waals surface area contributed by atoms with Crippen LogP contribution in [0.15, 0.2) is 42.5 Å². The highest BCUT2D eigenvalue weighted by atomic mass is 32.1. The van der Waals surface area contributed by atoms with Crippen LogP contribution in [0.1, 0.15) is 10.4 Å².